The number of benzene rings is 1. The third kappa shape index (κ3) is 2.47. The predicted octanol–water partition coefficient (Wildman–Crippen LogP) is 1.81. The molecule has 0 bridgehead atoms. The van der Waals surface area contributed by atoms with Crippen LogP contribution in [0.3, 0.4) is 0 Å². The van der Waals surface area contributed by atoms with Gasteiger partial charge in [-0.3, -0.25) is 4.68 Å². The lowest BCUT2D eigenvalue weighted by molar-refractivity contribution is 0.272. The van der Waals surface area contributed by atoms with Crippen molar-refractivity contribution in [2.45, 2.75) is 13.5 Å². The standard InChI is InChI=1S/C16H15N7O/c1-11-8-13-19-20-15(12-6-4-3-5-7-12)23(13)21-16(11)24-9-14-17-10-18-22(14)2/h3-8,10H,9H2,1-2H3. The van der Waals surface area contributed by atoms with Crippen LogP contribution in [0.25, 0.3) is 17.0 Å². The second-order valence-corrected chi connectivity index (χ2v) is 5.38. The summed E-state index contributed by atoms with van der Waals surface area (Å²) in [5, 5.41) is 17.0. The fraction of sp³-hybridized carbons (Fsp3) is 0.188. The van der Waals surface area contributed by atoms with Gasteiger partial charge in [0.2, 0.25) is 5.88 Å². The Morgan fingerprint density at radius 3 is 2.71 bits per heavy atom. The first-order valence-corrected chi connectivity index (χ1v) is 7.46. The SMILES string of the molecule is Cc1cc2nnc(-c3ccccc3)n2nc1OCc1ncnn1C. The van der Waals surface area contributed by atoms with Gasteiger partial charge in [-0.25, -0.2) is 4.98 Å². The van der Waals surface area contributed by atoms with Crippen molar-refractivity contribution in [1.82, 2.24) is 34.6 Å². The molecule has 0 spiro atoms. The Kier molecular flexibility index (Phi) is 3.42. The summed E-state index contributed by atoms with van der Waals surface area (Å²) < 4.78 is 9.18. The van der Waals surface area contributed by atoms with Crippen LogP contribution in [-0.2, 0) is 13.7 Å². The Balaban J connectivity index is 1.71. The molecule has 0 radical (unpaired) electrons. The molecule has 0 atom stereocenters. The molecule has 4 rings (SSSR count). The van der Waals surface area contributed by atoms with Crippen LogP contribution >= 0.6 is 0 Å². The van der Waals surface area contributed by atoms with E-state index in [1.807, 2.05) is 50.4 Å². The van der Waals surface area contributed by atoms with Gasteiger partial charge in [-0.2, -0.15) is 9.61 Å². The molecule has 0 aliphatic carbocycles. The van der Waals surface area contributed by atoms with Crippen LogP contribution in [0.1, 0.15) is 11.4 Å². The Hall–Kier alpha value is -3.29. The van der Waals surface area contributed by atoms with Gasteiger partial charge in [-0.1, -0.05) is 30.3 Å². The van der Waals surface area contributed by atoms with Crippen molar-refractivity contribution < 1.29 is 4.74 Å². The summed E-state index contributed by atoms with van der Waals surface area (Å²) in [6, 6.07) is 11.7. The first kappa shape index (κ1) is 14.3. The molecule has 120 valence electrons. The second-order valence-electron chi connectivity index (χ2n) is 5.38. The highest BCUT2D eigenvalue weighted by Crippen LogP contribution is 2.21. The number of rotatable bonds is 4. The van der Waals surface area contributed by atoms with Gasteiger partial charge in [0.1, 0.15) is 12.9 Å². The van der Waals surface area contributed by atoms with Crippen LogP contribution in [0.2, 0.25) is 0 Å². The monoisotopic (exact) mass is 321 g/mol. The molecule has 24 heavy (non-hydrogen) atoms. The largest absolute Gasteiger partial charge is 0.468 e. The van der Waals surface area contributed by atoms with Crippen LogP contribution in [0, 0.1) is 6.92 Å². The van der Waals surface area contributed by atoms with Crippen LogP contribution in [0.5, 0.6) is 5.88 Å². The topological polar surface area (TPSA) is 83.0 Å². The van der Waals surface area contributed by atoms with E-state index in [9.17, 15) is 0 Å². The van der Waals surface area contributed by atoms with Crippen molar-refractivity contribution in [1.29, 1.82) is 0 Å². The summed E-state index contributed by atoms with van der Waals surface area (Å²) in [6.07, 6.45) is 1.50. The van der Waals surface area contributed by atoms with Crippen LogP contribution in [0.15, 0.2) is 42.7 Å². The lowest BCUT2D eigenvalue weighted by Gasteiger charge is -2.08. The van der Waals surface area contributed by atoms with Gasteiger partial charge in [0, 0.05) is 18.2 Å². The second kappa shape index (κ2) is 5.73. The average molecular weight is 321 g/mol. The molecular weight excluding hydrogens is 306 g/mol. The normalized spacial score (nSPS) is 11.1. The molecule has 0 aliphatic rings. The molecule has 0 aliphatic heterocycles. The predicted molar refractivity (Wildman–Crippen MR) is 86.3 cm³/mol. The van der Waals surface area contributed by atoms with Crippen molar-refractivity contribution in [2.75, 3.05) is 0 Å². The van der Waals surface area contributed by atoms with E-state index < -0.39 is 0 Å². The summed E-state index contributed by atoms with van der Waals surface area (Å²) in [7, 11) is 1.82. The highest BCUT2D eigenvalue weighted by Gasteiger charge is 2.13. The lowest BCUT2D eigenvalue weighted by Crippen LogP contribution is -2.08. The zero-order valence-electron chi connectivity index (χ0n) is 13.3. The molecule has 0 amide bonds. The summed E-state index contributed by atoms with van der Waals surface area (Å²) >= 11 is 0. The molecule has 1 aromatic carbocycles. The molecule has 0 saturated heterocycles. The fourth-order valence-corrected chi connectivity index (χ4v) is 2.40. The zero-order valence-corrected chi connectivity index (χ0v) is 13.3. The van der Waals surface area contributed by atoms with E-state index in [1.165, 1.54) is 6.33 Å². The van der Waals surface area contributed by atoms with Gasteiger partial charge in [-0.15, -0.1) is 15.3 Å². The van der Waals surface area contributed by atoms with E-state index in [1.54, 1.807) is 9.20 Å². The maximum absolute atomic E-state index is 5.82. The van der Waals surface area contributed by atoms with Gasteiger partial charge in [0.05, 0.1) is 0 Å². The average Bonchev–Trinajstić information content (AvgIpc) is 3.19. The molecule has 8 nitrogen and oxygen atoms in total. The molecule has 3 heterocycles. The van der Waals surface area contributed by atoms with Crippen molar-refractivity contribution in [2.24, 2.45) is 7.05 Å². The third-order valence-electron chi connectivity index (χ3n) is 3.71. The number of ether oxygens (including phenoxy) is 1. The van der Waals surface area contributed by atoms with E-state index in [2.05, 4.69) is 25.4 Å². The van der Waals surface area contributed by atoms with Gasteiger partial charge in [0.25, 0.3) is 0 Å². The minimum atomic E-state index is 0.290. The Bertz CT molecular complexity index is 990. The van der Waals surface area contributed by atoms with Gasteiger partial charge >= 0.3 is 0 Å². The minimum Gasteiger partial charge on any atom is -0.468 e. The van der Waals surface area contributed by atoms with Crippen LogP contribution < -0.4 is 4.74 Å². The molecule has 4 aromatic rings. The summed E-state index contributed by atoms with van der Waals surface area (Å²) in [5.41, 5.74) is 2.51. The number of aryl methyl sites for hydroxylation is 2. The lowest BCUT2D eigenvalue weighted by atomic mass is 10.2. The summed E-state index contributed by atoms with van der Waals surface area (Å²) in [6.45, 7) is 2.22. The maximum atomic E-state index is 5.82. The van der Waals surface area contributed by atoms with E-state index >= 15 is 0 Å². The van der Waals surface area contributed by atoms with Gasteiger partial charge in [0.15, 0.2) is 17.3 Å². The first-order valence-electron chi connectivity index (χ1n) is 7.46. The summed E-state index contributed by atoms with van der Waals surface area (Å²) in [4.78, 5) is 4.15. The van der Waals surface area contributed by atoms with E-state index in [0.29, 0.717) is 24.0 Å². The number of fused-ring (bicyclic) bond motifs is 1. The molecule has 0 saturated carbocycles. The van der Waals surface area contributed by atoms with E-state index in [0.717, 1.165) is 17.0 Å². The van der Waals surface area contributed by atoms with E-state index in [-0.39, 0.29) is 0 Å². The molecule has 0 N–H and O–H groups in total. The Labute approximate surface area is 137 Å². The summed E-state index contributed by atoms with van der Waals surface area (Å²) in [5.74, 6) is 1.92. The quantitative estimate of drug-likeness (QED) is 0.570. The number of hydrogen-bond donors (Lipinski definition) is 0. The minimum absolute atomic E-state index is 0.290. The highest BCUT2D eigenvalue weighted by molar-refractivity contribution is 5.59. The Morgan fingerprint density at radius 2 is 1.96 bits per heavy atom. The Morgan fingerprint density at radius 1 is 1.12 bits per heavy atom. The first-order chi connectivity index (χ1) is 11.7. The molecular formula is C16H15N7O. The maximum Gasteiger partial charge on any atom is 0.235 e. The molecule has 0 fully saturated rings. The van der Waals surface area contributed by atoms with Gasteiger partial charge in [-0.05, 0) is 13.0 Å². The zero-order chi connectivity index (χ0) is 16.5. The van der Waals surface area contributed by atoms with Crippen molar-refractivity contribution in [3.63, 3.8) is 0 Å². The fourth-order valence-electron chi connectivity index (χ4n) is 2.40. The molecule has 0 unspecified atom stereocenters. The number of aromatic nitrogens is 7. The van der Waals surface area contributed by atoms with Crippen molar-refractivity contribution in [3.8, 4) is 17.3 Å². The van der Waals surface area contributed by atoms with Gasteiger partial charge < -0.3 is 4.74 Å². The van der Waals surface area contributed by atoms with Crippen LogP contribution in [-0.4, -0.2) is 34.6 Å². The highest BCUT2D eigenvalue weighted by atomic mass is 16.5. The van der Waals surface area contributed by atoms with Crippen molar-refractivity contribution in [3.05, 3.63) is 54.1 Å². The van der Waals surface area contributed by atoms with E-state index in [4.69, 9.17) is 4.74 Å². The molecule has 8 heteroatoms. The third-order valence-corrected chi connectivity index (χ3v) is 3.71. The number of hydrogen-bond acceptors (Lipinski definition) is 6. The molecule has 3 aromatic heterocycles. The number of nitrogens with zero attached hydrogens (tertiary/aromatic N) is 7. The van der Waals surface area contributed by atoms with Crippen LogP contribution in [0.4, 0.5) is 0 Å². The smallest absolute Gasteiger partial charge is 0.235 e. The van der Waals surface area contributed by atoms with Crippen molar-refractivity contribution >= 4 is 5.65 Å².